The molecule has 1 rings (SSSR count). The summed E-state index contributed by atoms with van der Waals surface area (Å²) in [6.07, 6.45) is 2.55. The van der Waals surface area contributed by atoms with Gasteiger partial charge in [0.2, 0.25) is 0 Å². The van der Waals surface area contributed by atoms with Crippen molar-refractivity contribution in [1.29, 1.82) is 0 Å². The summed E-state index contributed by atoms with van der Waals surface area (Å²) in [7, 11) is 0. The largest absolute Gasteiger partial charge is 0.502 e. The molecule has 3 heteroatoms. The van der Waals surface area contributed by atoms with Crippen LogP contribution in [0.2, 0.25) is 0 Å². The van der Waals surface area contributed by atoms with Crippen LogP contribution in [0.5, 0.6) is 0 Å². The van der Waals surface area contributed by atoms with Gasteiger partial charge in [0.05, 0.1) is 12.9 Å². The monoisotopic (exact) mass is 156 g/mol. The molecule has 0 aliphatic carbocycles. The van der Waals surface area contributed by atoms with Gasteiger partial charge >= 0.3 is 0 Å². The highest BCUT2D eigenvalue weighted by molar-refractivity contribution is 4.80. The number of nitrogens with one attached hydrogen (secondary N) is 2. The first-order chi connectivity index (χ1) is 5.43. The van der Waals surface area contributed by atoms with E-state index in [1.165, 1.54) is 6.26 Å². The van der Waals surface area contributed by atoms with Crippen molar-refractivity contribution < 1.29 is 4.74 Å². The van der Waals surface area contributed by atoms with E-state index in [0.29, 0.717) is 6.04 Å². The molecule has 1 saturated heterocycles. The highest BCUT2D eigenvalue weighted by Crippen LogP contribution is 1.90. The summed E-state index contributed by atoms with van der Waals surface area (Å²) in [5, 5.41) is 6.60. The first-order valence-electron chi connectivity index (χ1n) is 4.10. The Morgan fingerprint density at radius 1 is 1.64 bits per heavy atom. The Hall–Kier alpha value is -0.540. The number of hydrogen-bond donors (Lipinski definition) is 2. The maximum atomic E-state index is 4.98. The Bertz CT molecular complexity index is 113. The normalized spacial score (nSPS) is 17.5. The van der Waals surface area contributed by atoms with Crippen LogP contribution in [-0.4, -0.2) is 32.3 Å². The summed E-state index contributed by atoms with van der Waals surface area (Å²) >= 11 is 0. The minimum Gasteiger partial charge on any atom is -0.502 e. The quantitative estimate of drug-likeness (QED) is 0.422. The van der Waals surface area contributed by atoms with Gasteiger partial charge in [-0.05, 0) is 13.0 Å². The number of hydrogen-bond acceptors (Lipinski definition) is 3. The van der Waals surface area contributed by atoms with E-state index in [4.69, 9.17) is 4.74 Å². The molecule has 3 nitrogen and oxygen atoms in total. The van der Waals surface area contributed by atoms with E-state index >= 15 is 0 Å². The highest BCUT2D eigenvalue weighted by atomic mass is 16.5. The summed E-state index contributed by atoms with van der Waals surface area (Å²) in [5.41, 5.74) is 0. The molecule has 0 aromatic carbocycles. The summed E-state index contributed by atoms with van der Waals surface area (Å²) in [6, 6.07) is 0.693. The van der Waals surface area contributed by atoms with E-state index in [0.717, 1.165) is 32.7 Å². The lowest BCUT2D eigenvalue weighted by Gasteiger charge is -2.28. The number of ether oxygens (including phenoxy) is 1. The van der Waals surface area contributed by atoms with E-state index in [2.05, 4.69) is 17.2 Å². The van der Waals surface area contributed by atoms with Crippen LogP contribution in [0.3, 0.4) is 0 Å². The molecule has 11 heavy (non-hydrogen) atoms. The van der Waals surface area contributed by atoms with Crippen molar-refractivity contribution >= 4 is 0 Å². The fourth-order valence-corrected chi connectivity index (χ4v) is 0.978. The first kappa shape index (κ1) is 8.56. The third kappa shape index (κ3) is 3.39. The Balaban J connectivity index is 1.76. The van der Waals surface area contributed by atoms with Crippen LogP contribution in [0, 0.1) is 0 Å². The van der Waals surface area contributed by atoms with E-state index in [-0.39, 0.29) is 0 Å². The molecular weight excluding hydrogens is 140 g/mol. The average molecular weight is 156 g/mol. The summed E-state index contributed by atoms with van der Waals surface area (Å²) in [4.78, 5) is 0. The van der Waals surface area contributed by atoms with E-state index in [9.17, 15) is 0 Å². The molecule has 0 aromatic rings. The second-order valence-electron chi connectivity index (χ2n) is 2.70. The third-order valence-electron chi connectivity index (χ3n) is 1.77. The highest BCUT2D eigenvalue weighted by Gasteiger charge is 2.14. The van der Waals surface area contributed by atoms with Gasteiger partial charge in [-0.25, -0.2) is 0 Å². The molecule has 1 aliphatic heterocycles. The SMILES string of the molecule is C=COCCCNC1CNC1. The first-order valence-corrected chi connectivity index (χ1v) is 4.10. The minimum absolute atomic E-state index is 0.693. The van der Waals surface area contributed by atoms with Gasteiger partial charge in [-0.15, -0.1) is 0 Å². The smallest absolute Gasteiger partial charge is 0.0885 e. The molecule has 1 fully saturated rings. The van der Waals surface area contributed by atoms with Gasteiger partial charge in [0, 0.05) is 19.1 Å². The molecule has 0 amide bonds. The van der Waals surface area contributed by atoms with Gasteiger partial charge in [0.15, 0.2) is 0 Å². The van der Waals surface area contributed by atoms with Crippen molar-refractivity contribution in [3.05, 3.63) is 12.8 Å². The van der Waals surface area contributed by atoms with Crippen molar-refractivity contribution in [1.82, 2.24) is 10.6 Å². The summed E-state index contributed by atoms with van der Waals surface area (Å²) < 4.78 is 4.98. The van der Waals surface area contributed by atoms with Crippen LogP contribution in [0.4, 0.5) is 0 Å². The Labute approximate surface area is 67.8 Å². The van der Waals surface area contributed by atoms with Crippen LogP contribution in [0.25, 0.3) is 0 Å². The molecule has 0 radical (unpaired) electrons. The van der Waals surface area contributed by atoms with Crippen molar-refractivity contribution in [2.24, 2.45) is 0 Å². The van der Waals surface area contributed by atoms with Crippen LogP contribution in [0.1, 0.15) is 6.42 Å². The Morgan fingerprint density at radius 2 is 2.45 bits per heavy atom. The molecule has 0 spiro atoms. The zero-order chi connectivity index (χ0) is 7.94. The molecule has 0 unspecified atom stereocenters. The lowest BCUT2D eigenvalue weighted by Crippen LogP contribution is -2.55. The van der Waals surface area contributed by atoms with Gasteiger partial charge in [0.1, 0.15) is 0 Å². The predicted molar refractivity (Wildman–Crippen MR) is 45.4 cm³/mol. The minimum atomic E-state index is 0.693. The van der Waals surface area contributed by atoms with E-state index in [1.54, 1.807) is 0 Å². The maximum absolute atomic E-state index is 4.98. The molecular formula is C8H16N2O. The van der Waals surface area contributed by atoms with Gasteiger partial charge in [-0.3, -0.25) is 0 Å². The van der Waals surface area contributed by atoms with Crippen LogP contribution >= 0.6 is 0 Å². The number of rotatable bonds is 6. The van der Waals surface area contributed by atoms with Crippen LogP contribution in [-0.2, 0) is 4.74 Å². The predicted octanol–water partition coefficient (Wildman–Crippen LogP) is 0.0980. The van der Waals surface area contributed by atoms with Crippen molar-refractivity contribution in [2.75, 3.05) is 26.2 Å². The topological polar surface area (TPSA) is 33.3 Å². The fourth-order valence-electron chi connectivity index (χ4n) is 0.978. The molecule has 2 N–H and O–H groups in total. The van der Waals surface area contributed by atoms with E-state index < -0.39 is 0 Å². The van der Waals surface area contributed by atoms with Crippen LogP contribution < -0.4 is 10.6 Å². The van der Waals surface area contributed by atoms with Gasteiger partial charge < -0.3 is 15.4 Å². The maximum Gasteiger partial charge on any atom is 0.0885 e. The molecule has 0 aromatic heterocycles. The molecule has 0 saturated carbocycles. The third-order valence-corrected chi connectivity index (χ3v) is 1.77. The zero-order valence-electron chi connectivity index (χ0n) is 6.81. The van der Waals surface area contributed by atoms with Crippen molar-refractivity contribution in [3.63, 3.8) is 0 Å². The zero-order valence-corrected chi connectivity index (χ0v) is 6.81. The molecule has 0 atom stereocenters. The second kappa shape index (κ2) is 5.16. The fraction of sp³-hybridized carbons (Fsp3) is 0.750. The standard InChI is InChI=1S/C8H16N2O/c1-2-11-5-3-4-10-8-6-9-7-8/h2,8-10H,1,3-7H2. The van der Waals surface area contributed by atoms with Crippen molar-refractivity contribution in [3.8, 4) is 0 Å². The molecule has 64 valence electrons. The summed E-state index contributed by atoms with van der Waals surface area (Å²) in [6.45, 7) is 7.51. The lowest BCUT2D eigenvalue weighted by atomic mass is 10.2. The summed E-state index contributed by atoms with van der Waals surface area (Å²) in [5.74, 6) is 0. The van der Waals surface area contributed by atoms with Gasteiger partial charge in [0.25, 0.3) is 0 Å². The van der Waals surface area contributed by atoms with Crippen molar-refractivity contribution in [2.45, 2.75) is 12.5 Å². The Morgan fingerprint density at radius 3 is 3.00 bits per heavy atom. The van der Waals surface area contributed by atoms with E-state index in [1.807, 2.05) is 0 Å². The van der Waals surface area contributed by atoms with Gasteiger partial charge in [-0.2, -0.15) is 0 Å². The molecule has 0 bridgehead atoms. The molecule has 1 heterocycles. The van der Waals surface area contributed by atoms with Gasteiger partial charge in [-0.1, -0.05) is 6.58 Å². The Kier molecular flexibility index (Phi) is 4.01. The second-order valence-corrected chi connectivity index (χ2v) is 2.70. The van der Waals surface area contributed by atoms with Crippen LogP contribution in [0.15, 0.2) is 12.8 Å². The molecule has 1 aliphatic rings. The average Bonchev–Trinajstić information content (AvgIpc) is 1.93. The lowest BCUT2D eigenvalue weighted by molar-refractivity contribution is 0.239.